The lowest BCUT2D eigenvalue weighted by atomic mass is 10.1. The van der Waals surface area contributed by atoms with Crippen molar-refractivity contribution in [3.05, 3.63) is 95.3 Å². The van der Waals surface area contributed by atoms with Gasteiger partial charge in [0.2, 0.25) is 0 Å². The number of rotatable bonds is 6. The third-order valence-electron chi connectivity index (χ3n) is 5.15. The zero-order valence-corrected chi connectivity index (χ0v) is 17.7. The highest BCUT2D eigenvalue weighted by molar-refractivity contribution is 5.96. The summed E-state index contributed by atoms with van der Waals surface area (Å²) in [5.74, 6) is -0.188. The van der Waals surface area contributed by atoms with Crippen molar-refractivity contribution in [3.8, 4) is 28.8 Å². The molecule has 4 aromatic rings. The standard InChI is InChI=1S/C25H20FN5O2/c1-33-22-9-5-2-6-18(22)25(32)29-15-16-10-12-17(13-11-16)23-19(14-27)24(28)31(30-23)21-8-4-3-7-20(21)26/h2-13H,15,28H2,1H3,(H,29,32). The van der Waals surface area contributed by atoms with E-state index in [-0.39, 0.29) is 23.0 Å². The van der Waals surface area contributed by atoms with Crippen molar-refractivity contribution in [1.29, 1.82) is 5.26 Å². The van der Waals surface area contributed by atoms with Crippen LogP contribution in [0.4, 0.5) is 10.2 Å². The lowest BCUT2D eigenvalue weighted by Gasteiger charge is -2.09. The number of halogens is 1. The van der Waals surface area contributed by atoms with Crippen LogP contribution in [0.5, 0.6) is 5.75 Å². The molecule has 0 saturated heterocycles. The van der Waals surface area contributed by atoms with Crippen molar-refractivity contribution in [2.75, 3.05) is 12.8 Å². The normalized spacial score (nSPS) is 10.5. The van der Waals surface area contributed by atoms with Gasteiger partial charge in [0.05, 0.1) is 12.7 Å². The van der Waals surface area contributed by atoms with Crippen molar-refractivity contribution in [2.24, 2.45) is 0 Å². The molecule has 0 atom stereocenters. The Morgan fingerprint density at radius 3 is 2.52 bits per heavy atom. The maximum absolute atomic E-state index is 14.2. The number of amides is 1. The van der Waals surface area contributed by atoms with Crippen LogP contribution >= 0.6 is 0 Å². The van der Waals surface area contributed by atoms with E-state index < -0.39 is 5.82 Å². The van der Waals surface area contributed by atoms with E-state index in [1.807, 2.05) is 12.1 Å². The van der Waals surface area contributed by atoms with E-state index in [4.69, 9.17) is 10.5 Å². The van der Waals surface area contributed by atoms with Crippen LogP contribution in [0.15, 0.2) is 72.8 Å². The maximum atomic E-state index is 14.2. The first kappa shape index (κ1) is 21.6. The highest BCUT2D eigenvalue weighted by atomic mass is 19.1. The Bertz CT molecular complexity index is 1360. The average Bonchev–Trinajstić information content (AvgIpc) is 3.19. The number of aromatic nitrogens is 2. The van der Waals surface area contributed by atoms with Gasteiger partial charge in [-0.3, -0.25) is 4.79 Å². The largest absolute Gasteiger partial charge is 0.496 e. The Morgan fingerprint density at radius 2 is 1.82 bits per heavy atom. The zero-order chi connectivity index (χ0) is 23.4. The van der Waals surface area contributed by atoms with Crippen LogP contribution in [0.3, 0.4) is 0 Å². The molecule has 1 aromatic heterocycles. The highest BCUT2D eigenvalue weighted by Gasteiger charge is 2.19. The van der Waals surface area contributed by atoms with Gasteiger partial charge in [-0.05, 0) is 29.8 Å². The lowest BCUT2D eigenvalue weighted by Crippen LogP contribution is -2.23. The molecule has 0 aliphatic heterocycles. The summed E-state index contributed by atoms with van der Waals surface area (Å²) in [6.07, 6.45) is 0. The second-order valence-corrected chi connectivity index (χ2v) is 7.16. The molecular weight excluding hydrogens is 421 g/mol. The first-order valence-electron chi connectivity index (χ1n) is 10.1. The molecule has 1 heterocycles. The highest BCUT2D eigenvalue weighted by Crippen LogP contribution is 2.29. The van der Waals surface area contributed by atoms with Crippen LogP contribution < -0.4 is 15.8 Å². The van der Waals surface area contributed by atoms with Gasteiger partial charge in [-0.25, -0.2) is 9.07 Å². The summed E-state index contributed by atoms with van der Waals surface area (Å²) >= 11 is 0. The number of carbonyl (C=O) groups excluding carboxylic acids is 1. The molecule has 0 radical (unpaired) electrons. The van der Waals surface area contributed by atoms with Gasteiger partial charge in [0.25, 0.3) is 5.91 Å². The topological polar surface area (TPSA) is 106 Å². The third-order valence-corrected chi connectivity index (χ3v) is 5.15. The van der Waals surface area contributed by atoms with E-state index in [0.717, 1.165) is 5.56 Å². The number of hydrogen-bond donors (Lipinski definition) is 2. The van der Waals surface area contributed by atoms with Gasteiger partial charge in [0.1, 0.15) is 40.4 Å². The van der Waals surface area contributed by atoms with Crippen LogP contribution in [0.25, 0.3) is 16.9 Å². The number of nitrogens with two attached hydrogens (primary N) is 1. The molecule has 7 nitrogen and oxygen atoms in total. The van der Waals surface area contributed by atoms with Gasteiger partial charge in [0, 0.05) is 12.1 Å². The monoisotopic (exact) mass is 441 g/mol. The predicted octanol–water partition coefficient (Wildman–Crippen LogP) is 4.07. The molecule has 0 saturated carbocycles. The summed E-state index contributed by atoms with van der Waals surface area (Å²) in [6.45, 7) is 0.300. The molecule has 3 aromatic carbocycles. The molecule has 0 aliphatic rings. The summed E-state index contributed by atoms with van der Waals surface area (Å²) in [5.41, 5.74) is 8.71. The number of benzene rings is 3. The molecule has 1 amide bonds. The quantitative estimate of drug-likeness (QED) is 0.469. The summed E-state index contributed by atoms with van der Waals surface area (Å²) < 4.78 is 20.7. The maximum Gasteiger partial charge on any atom is 0.255 e. The fraction of sp³-hybridized carbons (Fsp3) is 0.0800. The summed E-state index contributed by atoms with van der Waals surface area (Å²) in [4.78, 5) is 12.5. The molecule has 164 valence electrons. The minimum atomic E-state index is -0.496. The van der Waals surface area contributed by atoms with Gasteiger partial charge in [-0.1, -0.05) is 48.5 Å². The number of hydrogen-bond acceptors (Lipinski definition) is 5. The van der Waals surface area contributed by atoms with E-state index in [1.165, 1.54) is 23.9 Å². The number of methoxy groups -OCH3 is 1. The number of nitrogens with zero attached hydrogens (tertiary/aromatic N) is 3. The second kappa shape index (κ2) is 9.24. The number of anilines is 1. The zero-order valence-electron chi connectivity index (χ0n) is 17.7. The van der Waals surface area contributed by atoms with E-state index in [2.05, 4.69) is 16.5 Å². The van der Waals surface area contributed by atoms with Crippen molar-refractivity contribution in [3.63, 3.8) is 0 Å². The number of carbonyl (C=O) groups is 1. The predicted molar refractivity (Wildman–Crippen MR) is 122 cm³/mol. The minimum Gasteiger partial charge on any atom is -0.496 e. The molecule has 3 N–H and O–H groups in total. The number of nitriles is 1. The second-order valence-electron chi connectivity index (χ2n) is 7.16. The van der Waals surface area contributed by atoms with Crippen molar-refractivity contribution in [2.45, 2.75) is 6.54 Å². The summed E-state index contributed by atoms with van der Waals surface area (Å²) in [5, 5.41) is 16.9. The molecule has 0 unspecified atom stereocenters. The number of para-hydroxylation sites is 2. The third kappa shape index (κ3) is 4.25. The van der Waals surface area contributed by atoms with Crippen LogP contribution in [0.2, 0.25) is 0 Å². The fourth-order valence-electron chi connectivity index (χ4n) is 3.44. The summed E-state index contributed by atoms with van der Waals surface area (Å²) in [6, 6.07) is 22.3. The lowest BCUT2D eigenvalue weighted by molar-refractivity contribution is 0.0948. The molecule has 4 rings (SSSR count). The van der Waals surface area contributed by atoms with Gasteiger partial charge < -0.3 is 15.8 Å². The molecule has 0 bridgehead atoms. The molecule has 8 heteroatoms. The average molecular weight is 441 g/mol. The SMILES string of the molecule is COc1ccccc1C(=O)NCc1ccc(-c2nn(-c3ccccc3F)c(N)c2C#N)cc1. The smallest absolute Gasteiger partial charge is 0.255 e. The van der Waals surface area contributed by atoms with Crippen LogP contribution in [0, 0.1) is 17.1 Å². The molecule has 0 spiro atoms. The van der Waals surface area contributed by atoms with Crippen molar-refractivity contribution >= 4 is 11.7 Å². The minimum absolute atomic E-state index is 0.0609. The Kier molecular flexibility index (Phi) is 6.04. The summed E-state index contributed by atoms with van der Waals surface area (Å²) in [7, 11) is 1.51. The van der Waals surface area contributed by atoms with Crippen molar-refractivity contribution < 1.29 is 13.9 Å². The Balaban J connectivity index is 1.55. The van der Waals surface area contributed by atoms with Crippen LogP contribution in [-0.2, 0) is 6.54 Å². The van der Waals surface area contributed by atoms with E-state index in [1.54, 1.807) is 48.5 Å². The Labute approximate surface area is 189 Å². The van der Waals surface area contributed by atoms with E-state index >= 15 is 0 Å². The van der Waals surface area contributed by atoms with E-state index in [0.29, 0.717) is 29.1 Å². The molecular formula is C25H20FN5O2. The first-order chi connectivity index (χ1) is 16.0. The number of nitrogen functional groups attached to an aromatic ring is 1. The van der Waals surface area contributed by atoms with Crippen LogP contribution in [0.1, 0.15) is 21.5 Å². The molecule has 0 fully saturated rings. The Morgan fingerprint density at radius 1 is 1.12 bits per heavy atom. The fourth-order valence-corrected chi connectivity index (χ4v) is 3.44. The number of ether oxygens (including phenoxy) is 1. The molecule has 0 aliphatic carbocycles. The van der Waals surface area contributed by atoms with Gasteiger partial charge in [0.15, 0.2) is 0 Å². The Hall–Kier alpha value is -4.64. The molecule has 33 heavy (non-hydrogen) atoms. The van der Waals surface area contributed by atoms with Gasteiger partial charge in [-0.15, -0.1) is 0 Å². The van der Waals surface area contributed by atoms with Gasteiger partial charge in [-0.2, -0.15) is 10.4 Å². The first-order valence-corrected chi connectivity index (χ1v) is 10.1. The number of nitrogens with one attached hydrogen (secondary N) is 1. The van der Waals surface area contributed by atoms with E-state index in [9.17, 15) is 14.4 Å². The van der Waals surface area contributed by atoms with Crippen LogP contribution in [-0.4, -0.2) is 22.8 Å². The van der Waals surface area contributed by atoms with Gasteiger partial charge >= 0.3 is 0 Å². The van der Waals surface area contributed by atoms with Crippen molar-refractivity contribution in [1.82, 2.24) is 15.1 Å².